The highest BCUT2D eigenvalue weighted by molar-refractivity contribution is 6.24. The number of allylic oxidation sites excluding steroid dienone is 2. The maximum absolute atomic E-state index is 14.4. The number of carbonyl (C=O) groups is 6. The van der Waals surface area contributed by atoms with E-state index in [4.69, 9.17) is 15.2 Å². The molecule has 59 heavy (non-hydrogen) atoms. The van der Waals surface area contributed by atoms with E-state index in [0.29, 0.717) is 5.70 Å². The van der Waals surface area contributed by atoms with Crippen LogP contribution in [0, 0.1) is 11.8 Å². The molecule has 0 heterocycles. The summed E-state index contributed by atoms with van der Waals surface area (Å²) in [6.45, 7) is 3.46. The fourth-order valence-corrected chi connectivity index (χ4v) is 8.51. The number of benzene rings is 2. The van der Waals surface area contributed by atoms with E-state index in [2.05, 4.69) is 5.32 Å². The predicted molar refractivity (Wildman–Crippen MR) is 211 cm³/mol. The van der Waals surface area contributed by atoms with Gasteiger partial charge in [0.15, 0.2) is 11.4 Å². The summed E-state index contributed by atoms with van der Waals surface area (Å²) in [4.78, 5) is 84.2. The van der Waals surface area contributed by atoms with Gasteiger partial charge in [-0.05, 0) is 94.3 Å². The lowest BCUT2D eigenvalue weighted by atomic mass is 9.58. The number of nitrogens with one attached hydrogen (secondary N) is 1. The monoisotopic (exact) mass is 815 g/mol. The van der Waals surface area contributed by atoms with E-state index < -0.39 is 107 Å². The largest absolute Gasteiger partial charge is 0.510 e. The molecule has 314 valence electrons. The minimum atomic E-state index is -3.03. The number of aliphatic hydroxyl groups excluding tert-OH is 1. The quantitative estimate of drug-likeness (QED) is 0.118. The van der Waals surface area contributed by atoms with Gasteiger partial charge in [-0.15, -0.1) is 0 Å². The zero-order valence-corrected chi connectivity index (χ0v) is 33.8. The van der Waals surface area contributed by atoms with Crippen molar-refractivity contribution in [3.05, 3.63) is 93.9 Å². The minimum Gasteiger partial charge on any atom is -0.510 e. The van der Waals surface area contributed by atoms with Crippen LogP contribution in [0.15, 0.2) is 88.4 Å². The Morgan fingerprint density at radius 3 is 2.24 bits per heavy atom. The average molecular weight is 816 g/mol. The van der Waals surface area contributed by atoms with Gasteiger partial charge in [0.25, 0.3) is 5.91 Å². The van der Waals surface area contributed by atoms with Crippen molar-refractivity contribution in [2.45, 2.75) is 62.6 Å². The zero-order chi connectivity index (χ0) is 43.5. The van der Waals surface area contributed by atoms with E-state index in [9.17, 15) is 49.2 Å². The molecule has 6 rings (SSSR count). The van der Waals surface area contributed by atoms with Crippen LogP contribution >= 0.6 is 0 Å². The van der Waals surface area contributed by atoms with Crippen molar-refractivity contribution in [3.8, 4) is 0 Å². The number of likely N-dealkylation sites (N-methyl/N-ethyl adjacent to an activating group) is 2. The number of hydrogen-bond acceptors (Lipinski definition) is 14. The van der Waals surface area contributed by atoms with Gasteiger partial charge in [0.2, 0.25) is 24.3 Å². The van der Waals surface area contributed by atoms with Crippen LogP contribution in [0.2, 0.25) is 0 Å². The van der Waals surface area contributed by atoms with Gasteiger partial charge in [-0.25, -0.2) is 9.59 Å². The summed E-state index contributed by atoms with van der Waals surface area (Å²) in [5, 5.41) is 50.7. The number of primary amides is 1. The molecule has 2 aromatic carbocycles. The van der Waals surface area contributed by atoms with E-state index in [1.165, 1.54) is 11.0 Å². The SMILES string of the molecule is CN(C)C1=CC(NC(=O)CN(C(=O)OCOC(=O)c2ccc3ccccc3c2)C(C)(C)C)C(O)(O)C2=C1C[C@H]1C[C@H]3[C@H](N(C)C)C(O)=C(C(N)=O)C(=O)[C@]3(O)C=C1C2=O. The lowest BCUT2D eigenvalue weighted by Crippen LogP contribution is -2.63. The van der Waals surface area contributed by atoms with Gasteiger partial charge in [0, 0.05) is 36.8 Å². The molecule has 0 bridgehead atoms. The van der Waals surface area contributed by atoms with E-state index >= 15 is 0 Å². The summed E-state index contributed by atoms with van der Waals surface area (Å²) in [5.74, 6) is -10.3. The van der Waals surface area contributed by atoms with Crippen molar-refractivity contribution < 1.29 is 58.7 Å². The van der Waals surface area contributed by atoms with Gasteiger partial charge < -0.3 is 45.9 Å². The normalized spacial score (nSPS) is 25.0. The molecule has 0 saturated heterocycles. The lowest BCUT2D eigenvalue weighted by molar-refractivity contribution is -0.158. The highest BCUT2D eigenvalue weighted by Gasteiger charge is 2.60. The van der Waals surface area contributed by atoms with Crippen molar-refractivity contribution in [1.82, 2.24) is 20.0 Å². The van der Waals surface area contributed by atoms with E-state index in [1.54, 1.807) is 72.1 Å². The van der Waals surface area contributed by atoms with Gasteiger partial charge in [0.05, 0.1) is 17.2 Å². The molecule has 5 atom stereocenters. The van der Waals surface area contributed by atoms with Crippen LogP contribution in [0.25, 0.3) is 10.8 Å². The van der Waals surface area contributed by atoms with Crippen LogP contribution in [0.3, 0.4) is 0 Å². The van der Waals surface area contributed by atoms with Gasteiger partial charge in [-0.2, -0.15) is 0 Å². The molecule has 0 aliphatic heterocycles. The number of nitrogens with two attached hydrogens (primary N) is 1. The first-order valence-electron chi connectivity index (χ1n) is 18.9. The second-order valence-corrected chi connectivity index (χ2v) is 16.7. The molecule has 4 aliphatic rings. The number of ether oxygens (including phenoxy) is 2. The Bertz CT molecular complexity index is 2280. The molecule has 17 nitrogen and oxygen atoms in total. The Morgan fingerprint density at radius 1 is 0.966 bits per heavy atom. The Balaban J connectivity index is 1.21. The lowest BCUT2D eigenvalue weighted by Gasteiger charge is -2.50. The summed E-state index contributed by atoms with van der Waals surface area (Å²) < 4.78 is 10.4. The third-order valence-corrected chi connectivity index (χ3v) is 11.4. The molecule has 0 spiro atoms. The zero-order valence-electron chi connectivity index (χ0n) is 33.8. The van der Waals surface area contributed by atoms with Crippen LogP contribution < -0.4 is 11.1 Å². The second kappa shape index (κ2) is 15.4. The molecule has 2 aromatic rings. The second-order valence-electron chi connectivity index (χ2n) is 16.7. The maximum atomic E-state index is 14.4. The van der Waals surface area contributed by atoms with Gasteiger partial charge in [-0.1, -0.05) is 30.3 Å². The van der Waals surface area contributed by atoms with Crippen LogP contribution in [-0.4, -0.2) is 141 Å². The minimum absolute atomic E-state index is 0.0123. The molecule has 0 aromatic heterocycles. The molecule has 0 radical (unpaired) electrons. The van der Waals surface area contributed by atoms with E-state index in [0.717, 1.165) is 21.7 Å². The molecule has 17 heteroatoms. The number of amides is 3. The first kappa shape index (κ1) is 42.7. The Hall–Kier alpha value is -5.88. The summed E-state index contributed by atoms with van der Waals surface area (Å²) in [5.41, 5.74) is 1.42. The number of esters is 1. The molecule has 4 aliphatic carbocycles. The summed E-state index contributed by atoms with van der Waals surface area (Å²) in [6.07, 6.45) is 1.42. The number of carbonyl (C=O) groups excluding carboxylic acids is 6. The maximum Gasteiger partial charge on any atom is 0.413 e. The number of Topliss-reactive ketones (excluding diaryl/α,β-unsaturated/α-hetero) is 2. The van der Waals surface area contributed by atoms with E-state index in [1.807, 2.05) is 24.3 Å². The third-order valence-electron chi connectivity index (χ3n) is 11.4. The van der Waals surface area contributed by atoms with Crippen molar-refractivity contribution >= 4 is 46.2 Å². The average Bonchev–Trinajstić information content (AvgIpc) is 3.14. The third kappa shape index (κ3) is 7.62. The van der Waals surface area contributed by atoms with Gasteiger partial charge in [-0.3, -0.25) is 29.0 Å². The Labute approximate surface area is 340 Å². The Morgan fingerprint density at radius 2 is 1.63 bits per heavy atom. The fraction of sp³-hybridized carbons (Fsp3) is 0.429. The molecule has 7 N–H and O–H groups in total. The first-order valence-corrected chi connectivity index (χ1v) is 18.9. The Kier molecular flexibility index (Phi) is 11.1. The van der Waals surface area contributed by atoms with Gasteiger partial charge >= 0.3 is 12.1 Å². The van der Waals surface area contributed by atoms with Crippen molar-refractivity contribution in [2.75, 3.05) is 41.5 Å². The summed E-state index contributed by atoms with van der Waals surface area (Å²) >= 11 is 0. The topological polar surface area (TPSA) is 250 Å². The summed E-state index contributed by atoms with van der Waals surface area (Å²) in [6, 6.07) is 9.72. The van der Waals surface area contributed by atoms with Crippen LogP contribution in [0.1, 0.15) is 44.0 Å². The number of fused-ring (bicyclic) bond motifs is 3. The number of nitrogens with zero attached hydrogens (tertiary/aromatic N) is 3. The smallest absolute Gasteiger partial charge is 0.413 e. The van der Waals surface area contributed by atoms with Crippen molar-refractivity contribution in [1.29, 1.82) is 0 Å². The molecule has 0 fully saturated rings. The number of ketones is 2. The van der Waals surface area contributed by atoms with Crippen LogP contribution in [-0.2, 0) is 28.7 Å². The summed E-state index contributed by atoms with van der Waals surface area (Å²) in [7, 11) is 6.49. The molecule has 0 saturated carbocycles. The van der Waals surface area contributed by atoms with Crippen LogP contribution in [0.5, 0.6) is 0 Å². The van der Waals surface area contributed by atoms with Crippen LogP contribution in [0.4, 0.5) is 4.79 Å². The predicted octanol–water partition coefficient (Wildman–Crippen LogP) is 1.19. The number of rotatable bonds is 9. The van der Waals surface area contributed by atoms with Crippen molar-refractivity contribution in [2.24, 2.45) is 17.6 Å². The fourth-order valence-electron chi connectivity index (χ4n) is 8.51. The van der Waals surface area contributed by atoms with Crippen molar-refractivity contribution in [3.63, 3.8) is 0 Å². The number of aliphatic hydroxyl groups is 4. The number of hydrogen-bond donors (Lipinski definition) is 6. The molecule has 3 amide bonds. The molecular weight excluding hydrogens is 766 g/mol. The highest BCUT2D eigenvalue weighted by atomic mass is 16.7. The van der Waals surface area contributed by atoms with E-state index in [-0.39, 0.29) is 29.6 Å². The standard InChI is InChI=1S/C42H49N5O12/c1-40(2,3)47(39(54)59-20-58-38(53)23-13-12-21-10-8-9-11-22(21)14-23)19-30(48)44-29-17-28(45(4)5)25-15-24-16-27-33(46(6)7)35(50)31(37(43)52)36(51)41(27,55)18-26(24)34(49)32(25)42(29,56)57/h8-14,17-18,24,27,29,33,50,55-57H,15-16,19-20H2,1-7H3,(H2,43,52)(H,44,48)/t24-,27-,29?,33-,41-/m0/s1. The molecular formula is C42H49N5O12. The highest BCUT2D eigenvalue weighted by Crippen LogP contribution is 2.52. The van der Waals surface area contributed by atoms with Gasteiger partial charge in [0.1, 0.15) is 23.9 Å². The molecule has 1 unspecified atom stereocenters. The first-order chi connectivity index (χ1) is 27.5.